The van der Waals surface area contributed by atoms with Crippen molar-refractivity contribution in [2.75, 3.05) is 47.1 Å². The van der Waals surface area contributed by atoms with Gasteiger partial charge in [-0.2, -0.15) is 0 Å². The minimum atomic E-state index is -2.65. The Labute approximate surface area is 299 Å². The quantitative estimate of drug-likeness (QED) is 0.0586. The number of halogens is 1. The van der Waals surface area contributed by atoms with E-state index in [-0.39, 0.29) is 43.3 Å². The zero-order chi connectivity index (χ0) is 32.7. The maximum Gasteiger partial charge on any atom is 2.00 e. The van der Waals surface area contributed by atoms with Crippen LogP contribution in [0.15, 0.2) is 18.2 Å². The zero-order valence-corrected chi connectivity index (χ0v) is 31.6. The van der Waals surface area contributed by atoms with E-state index in [2.05, 4.69) is 60.3 Å². The molecule has 0 aliphatic carbocycles. The third kappa shape index (κ3) is 26.3. The van der Waals surface area contributed by atoms with Crippen LogP contribution in [0.3, 0.4) is 0 Å². The van der Waals surface area contributed by atoms with Crippen LogP contribution >= 0.6 is 53.1 Å². The molecule has 0 heterocycles. The van der Waals surface area contributed by atoms with Crippen molar-refractivity contribution in [3.05, 3.63) is 28.8 Å². The second-order valence-corrected chi connectivity index (χ2v) is 16.4. The molecular weight excluding hydrogens is 762 g/mol. The summed E-state index contributed by atoms with van der Waals surface area (Å²) in [6, 6.07) is 5.03. The fraction of sp³-hybridized carbons (Fsp3) is 0.522. The minimum Gasteiger partial charge on any atom is -0.482 e. The Bertz CT molecular complexity index is 1050. The molecule has 0 bridgehead atoms. The predicted octanol–water partition coefficient (Wildman–Crippen LogP) is 4.06. The van der Waals surface area contributed by atoms with E-state index < -0.39 is 28.9 Å². The molecule has 1 unspecified atom stereocenters. The third-order valence-electron chi connectivity index (χ3n) is 4.06. The number of thiocarbonyl (C=S) groups is 2. The van der Waals surface area contributed by atoms with Crippen LogP contribution < -0.4 is 15.4 Å². The van der Waals surface area contributed by atoms with Gasteiger partial charge in [0.1, 0.15) is 11.0 Å². The summed E-state index contributed by atoms with van der Waals surface area (Å²) in [6.07, 6.45) is -0.123. The summed E-state index contributed by atoms with van der Waals surface area (Å²) in [5, 5.41) is 13.8. The van der Waals surface area contributed by atoms with Gasteiger partial charge in [0.2, 0.25) is 5.69 Å². The second kappa shape index (κ2) is 27.7. The average Bonchev–Trinajstić information content (AvgIpc) is 2.91. The molecule has 0 spiro atoms. The molecule has 0 amide bonds. The molecule has 0 aliphatic heterocycles. The van der Waals surface area contributed by atoms with Crippen molar-refractivity contribution in [1.82, 2.24) is 10.6 Å². The Morgan fingerprint density at radius 2 is 1.56 bits per heavy atom. The number of benzene rings is 1. The maximum absolute atomic E-state index is 11.8. The fourth-order valence-corrected chi connectivity index (χ4v) is 6.83. The fourth-order valence-electron chi connectivity index (χ4n) is 2.33. The molecule has 245 valence electrons. The first kappa shape index (κ1) is 46.8. The molecule has 0 aliphatic rings. The van der Waals surface area contributed by atoms with E-state index in [9.17, 15) is 14.4 Å². The van der Waals surface area contributed by atoms with Crippen molar-refractivity contribution in [3.63, 3.8) is 0 Å². The number of esters is 2. The van der Waals surface area contributed by atoms with Gasteiger partial charge in [0, 0.05) is 32.3 Å². The normalized spacial score (nSPS) is 10.6. The molecule has 1 aromatic carbocycles. The first-order valence-corrected chi connectivity index (χ1v) is 18.0. The van der Waals surface area contributed by atoms with Gasteiger partial charge in [-0.15, -0.1) is 0 Å². The van der Waals surface area contributed by atoms with Gasteiger partial charge in [-0.3, -0.25) is 9.59 Å². The van der Waals surface area contributed by atoms with E-state index in [0.29, 0.717) is 32.5 Å². The van der Waals surface area contributed by atoms with Gasteiger partial charge in [-0.25, -0.2) is 4.79 Å². The number of carbonyl (C=O) groups excluding carboxylic acids is 2. The Balaban J connectivity index is -0.000000582. The molecule has 43 heavy (non-hydrogen) atoms. The van der Waals surface area contributed by atoms with Crippen molar-refractivity contribution < 1.29 is 59.8 Å². The van der Waals surface area contributed by atoms with E-state index >= 15 is 0 Å². The first-order valence-electron chi connectivity index (χ1n) is 11.9. The van der Waals surface area contributed by atoms with Crippen molar-refractivity contribution in [3.8, 4) is 5.75 Å². The smallest absolute Gasteiger partial charge is 0.482 e. The number of nitrogens with one attached hydrogen (secondary N) is 2. The van der Waals surface area contributed by atoms with E-state index in [4.69, 9.17) is 51.8 Å². The van der Waals surface area contributed by atoms with Crippen molar-refractivity contribution >= 4 is 117 Å². The van der Waals surface area contributed by atoms with Gasteiger partial charge in [0.05, 0.1) is 19.6 Å². The van der Waals surface area contributed by atoms with Crippen LogP contribution in [-0.4, -0.2) is 84.0 Å². The van der Waals surface area contributed by atoms with Crippen LogP contribution in [0.5, 0.6) is 5.75 Å². The first-order chi connectivity index (χ1) is 19.6. The molecule has 1 aromatic rings. The Morgan fingerprint density at radius 3 is 1.95 bits per heavy atom. The molecule has 1 atom stereocenters. The molecule has 0 saturated heterocycles. The van der Waals surface area contributed by atoms with Crippen molar-refractivity contribution in [1.29, 1.82) is 0 Å². The maximum atomic E-state index is 11.8. The number of ether oxygens (including phenoxy) is 3. The molecule has 1 rings (SSSR count). The molecule has 3 N–H and O–H groups in total. The number of aryl methyl sites for hydroxylation is 1. The molecule has 20 heteroatoms. The van der Waals surface area contributed by atoms with Gasteiger partial charge >= 0.3 is 35.0 Å². The number of carbonyl (C=O) groups is 3. The Morgan fingerprint density at radius 1 is 1.05 bits per heavy atom. The van der Waals surface area contributed by atoms with Crippen molar-refractivity contribution in [2.45, 2.75) is 32.4 Å². The van der Waals surface area contributed by atoms with Gasteiger partial charge < -0.3 is 88.7 Å². The molecular formula is C23H34ClMnN2O9PS6. The molecule has 11 nitrogen and oxygen atoms in total. The van der Waals surface area contributed by atoms with Crippen LogP contribution in [0, 0.1) is 6.92 Å². The van der Waals surface area contributed by atoms with Gasteiger partial charge in [0.15, 0.2) is 6.61 Å². The number of carboxylic acids is 1. The van der Waals surface area contributed by atoms with Crippen LogP contribution in [0.1, 0.15) is 25.8 Å². The van der Waals surface area contributed by atoms with E-state index in [1.807, 2.05) is 6.92 Å². The molecule has 0 aromatic heterocycles. The van der Waals surface area contributed by atoms with Crippen LogP contribution in [0.4, 0.5) is 0 Å². The Hall–Kier alpha value is -0.621. The van der Waals surface area contributed by atoms with Gasteiger partial charge in [-0.05, 0) is 56.3 Å². The third-order valence-corrected chi connectivity index (χ3v) is 10.7. The summed E-state index contributed by atoms with van der Waals surface area (Å²) in [4.78, 5) is 33.5. The summed E-state index contributed by atoms with van der Waals surface area (Å²) in [6.45, 7) is 6.67. The number of rotatable bonds is 15. The van der Waals surface area contributed by atoms with Crippen LogP contribution in [-0.2, 0) is 87.0 Å². The summed E-state index contributed by atoms with van der Waals surface area (Å²) < 4.78 is 25.7. The topological polar surface area (TPSA) is 142 Å². The summed E-state index contributed by atoms with van der Waals surface area (Å²) in [7, 11) is 2.81. The zero-order valence-electron chi connectivity index (χ0n) is 23.9. The minimum absolute atomic E-state index is 0. The van der Waals surface area contributed by atoms with Gasteiger partial charge in [0.25, 0.3) is 0 Å². The predicted molar refractivity (Wildman–Crippen MR) is 183 cm³/mol. The summed E-state index contributed by atoms with van der Waals surface area (Å²) in [5.74, 6) is -1.45. The van der Waals surface area contributed by atoms with E-state index in [1.165, 1.54) is 14.2 Å². The number of hydrogen-bond acceptors (Lipinski definition) is 14. The van der Waals surface area contributed by atoms with Crippen molar-refractivity contribution in [2.24, 2.45) is 0 Å². The molecule has 1 radical (unpaired) electrons. The number of carboxylic acid groups (broad SMARTS) is 1. The van der Waals surface area contributed by atoms with Gasteiger partial charge in [-0.1, -0.05) is 31.6 Å². The van der Waals surface area contributed by atoms with Crippen LogP contribution in [0.2, 0.25) is 5.02 Å². The average molecular weight is 796 g/mol. The SMILES string of the molecule is CCOC(=O)CC(SP(=S)(OC)OC)C(=O)OCC.Cc1cc(Cl)ccc1OCC(=O)O.S=C([S-])NCCNC(=S)[S-].[Mn+2]. The summed E-state index contributed by atoms with van der Waals surface area (Å²) in [5.41, 5.74) is -1.82. The standard InChI is InChI=1S/C10H19O6PS2.C9H9ClO3.C4H8N2S4.Mn/c1-5-15-9(11)7-8(10(12)16-6-2)19-17(18,13-3)14-4;1-6-4-7(10)2-3-8(6)13-5-9(11)12;7-3(8)5-1-2-6-4(9)10;/h8H,5-7H2,1-4H3;2-4H,5H2,1H3,(H,11,12);1-2H2,(H2,5,7,8)(H2,6,9,10);/q;;;+2/p-2. The van der Waals surface area contributed by atoms with Crippen LogP contribution in [0.25, 0.3) is 0 Å². The molecule has 0 saturated carbocycles. The summed E-state index contributed by atoms with van der Waals surface area (Å²) >= 11 is 30.2. The Kier molecular flexibility index (Phi) is 30.1. The largest absolute Gasteiger partial charge is 2.00 e. The van der Waals surface area contributed by atoms with E-state index in [0.717, 1.165) is 16.9 Å². The number of aliphatic carboxylic acids is 1. The monoisotopic (exact) mass is 795 g/mol. The van der Waals surface area contributed by atoms with E-state index in [1.54, 1.807) is 32.0 Å². The number of hydrogen-bond donors (Lipinski definition) is 3. The molecule has 0 fully saturated rings. The second-order valence-electron chi connectivity index (χ2n) is 7.19.